The van der Waals surface area contributed by atoms with Crippen LogP contribution in [0.1, 0.15) is 40.5 Å². The van der Waals surface area contributed by atoms with Gasteiger partial charge in [0.2, 0.25) is 0 Å². The van der Waals surface area contributed by atoms with Crippen molar-refractivity contribution in [3.05, 3.63) is 0 Å². The van der Waals surface area contributed by atoms with Crippen LogP contribution in [0.25, 0.3) is 0 Å². The Morgan fingerprint density at radius 1 is 1.29 bits per heavy atom. The van der Waals surface area contributed by atoms with E-state index in [1.54, 1.807) is 0 Å². The fraction of sp³-hybridized carbons (Fsp3) is 1.00. The highest BCUT2D eigenvalue weighted by molar-refractivity contribution is 5.01. The van der Waals surface area contributed by atoms with Crippen LogP contribution in [0.5, 0.6) is 0 Å². The molecule has 1 nitrogen and oxygen atoms in total. The number of fused-ring (bicyclic) bond motifs is 2. The molecule has 0 spiro atoms. The van der Waals surface area contributed by atoms with Crippen LogP contribution in [0.3, 0.4) is 0 Å². The molecule has 3 atom stereocenters. The first kappa shape index (κ1) is 12.3. The quantitative estimate of drug-likeness (QED) is 0.537. The van der Waals surface area contributed by atoms with Crippen LogP contribution < -0.4 is 17.3 Å². The molecule has 1 aliphatic carbocycles. The van der Waals surface area contributed by atoms with Crippen molar-refractivity contribution in [2.24, 2.45) is 16.7 Å². The molecule has 1 heterocycles. The minimum Gasteiger partial charge on any atom is -1.00 e. The Hall–Kier alpha value is 0.250. The third-order valence-electron chi connectivity index (χ3n) is 5.30. The Morgan fingerprint density at radius 3 is 2.43 bits per heavy atom. The molecule has 2 aliphatic rings. The number of likely N-dealkylation sites (tertiary alicyclic amines) is 1. The van der Waals surface area contributed by atoms with E-state index in [9.17, 15) is 0 Å². The highest BCUT2D eigenvalue weighted by Crippen LogP contribution is 2.56. The molecule has 0 aromatic carbocycles. The summed E-state index contributed by atoms with van der Waals surface area (Å²) in [6.07, 6.45) is 2.95. The molecule has 2 rings (SSSR count). The maximum absolute atomic E-state index is 2.52. The lowest BCUT2D eigenvalue weighted by Gasteiger charge is -2.47. The summed E-state index contributed by atoms with van der Waals surface area (Å²) in [5, 5.41) is 0. The van der Waals surface area contributed by atoms with Gasteiger partial charge in [-0.15, -0.1) is 0 Å². The van der Waals surface area contributed by atoms with Crippen molar-refractivity contribution in [3.63, 3.8) is 0 Å². The van der Waals surface area contributed by atoms with Gasteiger partial charge in [0.25, 0.3) is 0 Å². The lowest BCUT2D eigenvalue weighted by molar-refractivity contribution is -0.916. The first-order chi connectivity index (χ1) is 5.99. The van der Waals surface area contributed by atoms with Crippen LogP contribution in [0, 0.1) is 16.7 Å². The van der Waals surface area contributed by atoms with Gasteiger partial charge in [-0.05, 0) is 25.2 Å². The summed E-state index contributed by atoms with van der Waals surface area (Å²) in [7, 11) is 0. The predicted octanol–water partition coefficient (Wildman–Crippen LogP) is -1.65. The van der Waals surface area contributed by atoms with Crippen molar-refractivity contribution in [1.29, 1.82) is 0 Å². The molecule has 2 heteroatoms. The molecule has 3 unspecified atom stereocenters. The van der Waals surface area contributed by atoms with E-state index in [-0.39, 0.29) is 12.4 Å². The standard InChI is InChI=1S/C12H23N.ClH/c1-5-13-8-10-6-7-12(4,9-13)11(10,2)3;/h10H,5-9H2,1-4H3;1H. The highest BCUT2D eigenvalue weighted by Gasteiger charge is 2.57. The fourth-order valence-corrected chi connectivity index (χ4v) is 3.58. The molecule has 0 amide bonds. The molecule has 14 heavy (non-hydrogen) atoms. The SMILES string of the molecule is CC[NH+]1CC2CCC(C)(C1)C2(C)C.[Cl-]. The molecular formula is C12H24ClN. The van der Waals surface area contributed by atoms with Crippen molar-refractivity contribution >= 4 is 0 Å². The van der Waals surface area contributed by atoms with E-state index in [4.69, 9.17) is 0 Å². The Balaban J connectivity index is 0.000000980. The minimum absolute atomic E-state index is 0. The van der Waals surface area contributed by atoms with Crippen molar-refractivity contribution in [2.75, 3.05) is 19.6 Å². The van der Waals surface area contributed by atoms with Gasteiger partial charge >= 0.3 is 0 Å². The summed E-state index contributed by atoms with van der Waals surface area (Å²) in [5.74, 6) is 0.987. The summed E-state index contributed by atoms with van der Waals surface area (Å²) >= 11 is 0. The Bertz CT molecular complexity index is 214. The number of nitrogens with one attached hydrogen (secondary N) is 1. The van der Waals surface area contributed by atoms with E-state index < -0.39 is 0 Å². The lowest BCUT2D eigenvalue weighted by Crippen LogP contribution is -3.15. The summed E-state index contributed by atoms with van der Waals surface area (Å²) in [6.45, 7) is 14.0. The molecule has 2 fully saturated rings. The van der Waals surface area contributed by atoms with Gasteiger partial charge < -0.3 is 17.3 Å². The van der Waals surface area contributed by atoms with Gasteiger partial charge in [0.1, 0.15) is 0 Å². The second kappa shape index (κ2) is 3.68. The molecule has 84 valence electrons. The molecule has 1 aliphatic heterocycles. The monoisotopic (exact) mass is 217 g/mol. The zero-order chi connectivity index (χ0) is 9.69. The van der Waals surface area contributed by atoms with E-state index in [0.717, 1.165) is 5.92 Å². The van der Waals surface area contributed by atoms with E-state index in [0.29, 0.717) is 10.8 Å². The summed E-state index contributed by atoms with van der Waals surface area (Å²) in [5.41, 5.74) is 1.23. The van der Waals surface area contributed by atoms with Gasteiger partial charge in [0.15, 0.2) is 0 Å². The normalized spacial score (nSPS) is 44.6. The topological polar surface area (TPSA) is 4.44 Å². The van der Waals surface area contributed by atoms with Gasteiger partial charge in [-0.2, -0.15) is 0 Å². The zero-order valence-electron chi connectivity index (χ0n) is 9.99. The van der Waals surface area contributed by atoms with Crippen molar-refractivity contribution in [3.8, 4) is 0 Å². The third-order valence-corrected chi connectivity index (χ3v) is 5.30. The lowest BCUT2D eigenvalue weighted by atomic mass is 9.63. The zero-order valence-corrected chi connectivity index (χ0v) is 10.7. The summed E-state index contributed by atoms with van der Waals surface area (Å²) < 4.78 is 0. The maximum atomic E-state index is 2.52. The molecule has 1 saturated carbocycles. The van der Waals surface area contributed by atoms with Gasteiger partial charge in [-0.3, -0.25) is 0 Å². The number of hydrogen-bond acceptors (Lipinski definition) is 0. The predicted molar refractivity (Wildman–Crippen MR) is 55.8 cm³/mol. The minimum atomic E-state index is 0. The van der Waals surface area contributed by atoms with Crippen LogP contribution >= 0.6 is 0 Å². The van der Waals surface area contributed by atoms with Gasteiger partial charge in [0.05, 0.1) is 19.6 Å². The Labute approximate surface area is 94.7 Å². The maximum Gasteiger partial charge on any atom is 0.0830 e. The second-order valence-electron chi connectivity index (χ2n) is 6.00. The van der Waals surface area contributed by atoms with Crippen LogP contribution in [0.15, 0.2) is 0 Å². The number of hydrogen-bond donors (Lipinski definition) is 1. The van der Waals surface area contributed by atoms with Crippen molar-refractivity contribution in [1.82, 2.24) is 0 Å². The van der Waals surface area contributed by atoms with Crippen LogP contribution in [0.2, 0.25) is 0 Å². The highest BCUT2D eigenvalue weighted by atomic mass is 35.5. The van der Waals surface area contributed by atoms with Crippen LogP contribution in [-0.2, 0) is 0 Å². The summed E-state index contributed by atoms with van der Waals surface area (Å²) in [6, 6.07) is 0. The largest absolute Gasteiger partial charge is 1.00 e. The first-order valence-corrected chi connectivity index (χ1v) is 5.83. The second-order valence-corrected chi connectivity index (χ2v) is 6.00. The number of halogens is 1. The molecular weight excluding hydrogens is 194 g/mol. The molecule has 0 aromatic rings. The molecule has 0 aromatic heterocycles. The number of quaternary nitrogens is 1. The smallest absolute Gasteiger partial charge is 0.0830 e. The van der Waals surface area contributed by atoms with Gasteiger partial charge in [-0.1, -0.05) is 20.8 Å². The van der Waals surface area contributed by atoms with Gasteiger partial charge in [-0.25, -0.2) is 0 Å². The van der Waals surface area contributed by atoms with E-state index in [2.05, 4.69) is 27.7 Å². The van der Waals surface area contributed by atoms with E-state index in [1.165, 1.54) is 32.5 Å². The molecule has 2 bridgehead atoms. The molecule has 1 N–H and O–H groups in total. The number of rotatable bonds is 1. The molecule has 1 saturated heterocycles. The van der Waals surface area contributed by atoms with Crippen LogP contribution in [0.4, 0.5) is 0 Å². The van der Waals surface area contributed by atoms with Crippen molar-refractivity contribution < 1.29 is 17.3 Å². The van der Waals surface area contributed by atoms with Crippen LogP contribution in [-0.4, -0.2) is 19.6 Å². The van der Waals surface area contributed by atoms with Crippen molar-refractivity contribution in [2.45, 2.75) is 40.5 Å². The molecule has 0 radical (unpaired) electrons. The van der Waals surface area contributed by atoms with E-state index in [1.807, 2.05) is 4.90 Å². The third kappa shape index (κ3) is 1.49. The Morgan fingerprint density at radius 2 is 1.93 bits per heavy atom. The Kier molecular flexibility index (Phi) is 3.24. The summed E-state index contributed by atoms with van der Waals surface area (Å²) in [4.78, 5) is 1.84. The van der Waals surface area contributed by atoms with E-state index >= 15 is 0 Å². The first-order valence-electron chi connectivity index (χ1n) is 5.83. The van der Waals surface area contributed by atoms with Gasteiger partial charge in [0, 0.05) is 11.3 Å². The fourth-order valence-electron chi connectivity index (χ4n) is 3.58. The number of piperidine rings is 1. The average molecular weight is 218 g/mol. The average Bonchev–Trinajstić information content (AvgIpc) is 2.27.